The van der Waals surface area contributed by atoms with Gasteiger partial charge in [-0.15, -0.1) is 0 Å². The molecule has 6 nitrogen and oxygen atoms in total. The topological polar surface area (TPSA) is 72.3 Å². The number of anilines is 1. The summed E-state index contributed by atoms with van der Waals surface area (Å²) >= 11 is 1.34. The number of nitriles is 1. The van der Waals surface area contributed by atoms with Gasteiger partial charge >= 0.3 is 0 Å². The Hall–Kier alpha value is -2.56. The minimum absolute atomic E-state index is 0.0265. The van der Waals surface area contributed by atoms with Gasteiger partial charge in [0.1, 0.15) is 11.1 Å². The summed E-state index contributed by atoms with van der Waals surface area (Å²) in [6, 6.07) is 13.0. The van der Waals surface area contributed by atoms with Crippen molar-refractivity contribution in [3.8, 4) is 6.07 Å². The number of nitrogens with one attached hydrogen (secondary N) is 1. The van der Waals surface area contributed by atoms with Crippen molar-refractivity contribution in [2.45, 2.75) is 38.8 Å². The van der Waals surface area contributed by atoms with Crippen LogP contribution < -0.4 is 10.2 Å². The van der Waals surface area contributed by atoms with Gasteiger partial charge in [0.2, 0.25) is 5.91 Å². The van der Waals surface area contributed by atoms with Crippen LogP contribution in [0.5, 0.6) is 0 Å². The molecule has 1 aromatic heterocycles. The zero-order chi connectivity index (χ0) is 22.4. The molecule has 1 saturated heterocycles. The lowest BCUT2D eigenvalue weighted by Gasteiger charge is -2.39. The molecule has 0 saturated carbocycles. The van der Waals surface area contributed by atoms with E-state index in [1.54, 1.807) is 0 Å². The minimum atomic E-state index is -0.0265. The number of amides is 1. The maximum absolute atomic E-state index is 12.4. The summed E-state index contributed by atoms with van der Waals surface area (Å²) in [5.41, 5.74) is 4.73. The van der Waals surface area contributed by atoms with E-state index in [2.05, 4.69) is 57.4 Å². The molecule has 164 valence electrons. The SMILES string of the molecule is Cc1nc(SCC(=O)NCC(C)N2CCN(c3ccccc3)CC2)c(C#N)c(C)c1C. The first-order valence-corrected chi connectivity index (χ1v) is 11.7. The van der Waals surface area contributed by atoms with Crippen LogP contribution in [0.15, 0.2) is 35.4 Å². The Labute approximate surface area is 189 Å². The summed E-state index contributed by atoms with van der Waals surface area (Å²) in [5.74, 6) is 0.235. The van der Waals surface area contributed by atoms with E-state index in [0.717, 1.165) is 43.0 Å². The number of hydrogen-bond donors (Lipinski definition) is 1. The van der Waals surface area contributed by atoms with Crippen molar-refractivity contribution >= 4 is 23.4 Å². The largest absolute Gasteiger partial charge is 0.369 e. The lowest BCUT2D eigenvalue weighted by molar-refractivity contribution is -0.118. The van der Waals surface area contributed by atoms with Crippen LogP contribution in [0.25, 0.3) is 0 Å². The number of benzene rings is 1. The number of carbonyl (C=O) groups excluding carboxylic acids is 1. The molecule has 0 aliphatic carbocycles. The van der Waals surface area contributed by atoms with Crippen LogP contribution in [-0.4, -0.2) is 60.3 Å². The molecule has 7 heteroatoms. The molecule has 0 radical (unpaired) electrons. The van der Waals surface area contributed by atoms with E-state index in [4.69, 9.17) is 0 Å². The molecule has 31 heavy (non-hydrogen) atoms. The van der Waals surface area contributed by atoms with Gasteiger partial charge in [0.05, 0.1) is 11.3 Å². The number of aryl methyl sites for hydroxylation is 1. The van der Waals surface area contributed by atoms with Crippen LogP contribution in [0.3, 0.4) is 0 Å². The molecule has 1 unspecified atom stereocenters. The van der Waals surface area contributed by atoms with E-state index < -0.39 is 0 Å². The molecule has 1 fully saturated rings. The maximum atomic E-state index is 12.4. The van der Waals surface area contributed by atoms with Crippen LogP contribution in [0.1, 0.15) is 29.3 Å². The summed E-state index contributed by atoms with van der Waals surface area (Å²) < 4.78 is 0. The number of nitrogens with zero attached hydrogens (tertiary/aromatic N) is 4. The van der Waals surface area contributed by atoms with Crippen LogP contribution in [0, 0.1) is 32.1 Å². The summed E-state index contributed by atoms with van der Waals surface area (Å²) in [6.45, 7) is 12.6. The summed E-state index contributed by atoms with van der Waals surface area (Å²) in [6.07, 6.45) is 0. The fourth-order valence-corrected chi connectivity index (χ4v) is 4.70. The number of piperazine rings is 1. The summed E-state index contributed by atoms with van der Waals surface area (Å²) in [5, 5.41) is 13.2. The Kier molecular flexibility index (Phi) is 7.94. The second-order valence-electron chi connectivity index (χ2n) is 8.04. The minimum Gasteiger partial charge on any atom is -0.369 e. The van der Waals surface area contributed by atoms with E-state index in [9.17, 15) is 10.1 Å². The van der Waals surface area contributed by atoms with E-state index in [1.165, 1.54) is 17.4 Å². The molecule has 1 aliphatic rings. The Balaban J connectivity index is 1.45. The van der Waals surface area contributed by atoms with Gasteiger partial charge in [-0.2, -0.15) is 5.26 Å². The van der Waals surface area contributed by atoms with Crippen LogP contribution >= 0.6 is 11.8 Å². The van der Waals surface area contributed by atoms with Crippen molar-refractivity contribution in [1.82, 2.24) is 15.2 Å². The predicted molar refractivity (Wildman–Crippen MR) is 127 cm³/mol. The number of pyridine rings is 1. The number of thioether (sulfide) groups is 1. The number of aromatic nitrogens is 1. The van der Waals surface area contributed by atoms with Crippen molar-refractivity contribution in [2.24, 2.45) is 0 Å². The quantitative estimate of drug-likeness (QED) is 0.670. The standard InChI is InChI=1S/C24H31N5OS/c1-17(28-10-12-29(13-11-28)21-8-6-5-7-9-21)15-26-23(30)16-31-24-22(14-25)19(3)18(2)20(4)27-24/h5-9,17H,10-13,15-16H2,1-4H3,(H,26,30). The van der Waals surface area contributed by atoms with Crippen molar-refractivity contribution < 1.29 is 4.79 Å². The third-order valence-electron chi connectivity index (χ3n) is 6.07. The van der Waals surface area contributed by atoms with E-state index in [0.29, 0.717) is 17.1 Å². The summed E-state index contributed by atoms with van der Waals surface area (Å²) in [4.78, 5) is 21.8. The smallest absolute Gasteiger partial charge is 0.230 e. The lowest BCUT2D eigenvalue weighted by Crippen LogP contribution is -2.52. The number of rotatable bonds is 7. The Morgan fingerprint density at radius 1 is 1.16 bits per heavy atom. The molecule has 1 atom stereocenters. The van der Waals surface area contributed by atoms with Gasteiger partial charge in [0.15, 0.2) is 0 Å². The van der Waals surface area contributed by atoms with Crippen LogP contribution in [0.2, 0.25) is 0 Å². The highest BCUT2D eigenvalue weighted by atomic mass is 32.2. The van der Waals surface area contributed by atoms with Crippen molar-refractivity contribution in [3.05, 3.63) is 52.7 Å². The Morgan fingerprint density at radius 3 is 2.48 bits per heavy atom. The van der Waals surface area contributed by atoms with Crippen LogP contribution in [0.4, 0.5) is 5.69 Å². The molecule has 1 aromatic carbocycles. The molecule has 0 spiro atoms. The first kappa shape index (κ1) is 23.1. The average Bonchev–Trinajstić information content (AvgIpc) is 2.80. The highest BCUT2D eigenvalue weighted by Gasteiger charge is 2.22. The van der Waals surface area contributed by atoms with Gasteiger partial charge in [-0.3, -0.25) is 9.69 Å². The van der Waals surface area contributed by atoms with Gasteiger partial charge in [-0.25, -0.2) is 4.98 Å². The molecule has 1 N–H and O–H groups in total. The van der Waals surface area contributed by atoms with Gasteiger partial charge in [-0.1, -0.05) is 30.0 Å². The van der Waals surface area contributed by atoms with Gasteiger partial charge in [-0.05, 0) is 51.0 Å². The average molecular weight is 438 g/mol. The Morgan fingerprint density at radius 2 is 1.84 bits per heavy atom. The molecule has 1 aliphatic heterocycles. The monoisotopic (exact) mass is 437 g/mol. The third-order valence-corrected chi connectivity index (χ3v) is 7.04. The fourth-order valence-electron chi connectivity index (χ4n) is 3.78. The highest BCUT2D eigenvalue weighted by Crippen LogP contribution is 2.26. The molecule has 3 rings (SSSR count). The Bertz CT molecular complexity index is 949. The second kappa shape index (κ2) is 10.7. The predicted octanol–water partition coefficient (Wildman–Crippen LogP) is 3.30. The van der Waals surface area contributed by atoms with Crippen molar-refractivity contribution in [1.29, 1.82) is 5.26 Å². The normalized spacial score (nSPS) is 15.4. The number of carbonyl (C=O) groups is 1. The highest BCUT2D eigenvalue weighted by molar-refractivity contribution is 8.00. The molecule has 2 aromatic rings. The number of para-hydroxylation sites is 1. The van der Waals surface area contributed by atoms with E-state index in [-0.39, 0.29) is 17.7 Å². The van der Waals surface area contributed by atoms with Crippen molar-refractivity contribution in [2.75, 3.05) is 43.4 Å². The van der Waals surface area contributed by atoms with Crippen molar-refractivity contribution in [3.63, 3.8) is 0 Å². The first-order chi connectivity index (χ1) is 14.9. The molecule has 2 heterocycles. The maximum Gasteiger partial charge on any atom is 0.230 e. The van der Waals surface area contributed by atoms with E-state index >= 15 is 0 Å². The zero-order valence-electron chi connectivity index (χ0n) is 18.8. The molecular weight excluding hydrogens is 406 g/mol. The van der Waals surface area contributed by atoms with Gasteiger partial charge in [0, 0.05) is 50.1 Å². The molecular formula is C24H31N5OS. The molecule has 0 bridgehead atoms. The third kappa shape index (κ3) is 5.78. The number of hydrogen-bond acceptors (Lipinski definition) is 6. The van der Waals surface area contributed by atoms with Crippen LogP contribution in [-0.2, 0) is 4.79 Å². The van der Waals surface area contributed by atoms with Gasteiger partial charge < -0.3 is 10.2 Å². The second-order valence-corrected chi connectivity index (χ2v) is 9.00. The lowest BCUT2D eigenvalue weighted by atomic mass is 10.1. The fraction of sp³-hybridized carbons (Fsp3) is 0.458. The first-order valence-electron chi connectivity index (χ1n) is 10.7. The summed E-state index contributed by atoms with van der Waals surface area (Å²) in [7, 11) is 0. The molecule has 1 amide bonds. The zero-order valence-corrected chi connectivity index (χ0v) is 19.6. The van der Waals surface area contributed by atoms with E-state index in [1.807, 2.05) is 26.8 Å². The van der Waals surface area contributed by atoms with Gasteiger partial charge in [0.25, 0.3) is 0 Å².